The second-order valence-corrected chi connectivity index (χ2v) is 7.49. The molecule has 12 heteroatoms. The van der Waals surface area contributed by atoms with Crippen molar-refractivity contribution in [1.82, 2.24) is 4.90 Å². The molecule has 5 rings (SSSR count). The van der Waals surface area contributed by atoms with Gasteiger partial charge in [-0.15, -0.1) is 8.78 Å². The summed E-state index contributed by atoms with van der Waals surface area (Å²) in [6.45, 7) is -0.755. The normalized spacial score (nSPS) is 15.2. The topological polar surface area (TPSA) is 124 Å². The average molecular weight is 484 g/mol. The Kier molecular flexibility index (Phi) is 5.20. The lowest BCUT2D eigenvalue weighted by atomic mass is 10.1. The molecular weight excluding hydrogens is 470 g/mol. The van der Waals surface area contributed by atoms with Gasteiger partial charge in [-0.2, -0.15) is 0 Å². The van der Waals surface area contributed by atoms with E-state index in [4.69, 9.17) is 9.15 Å². The zero-order valence-electron chi connectivity index (χ0n) is 17.6. The van der Waals surface area contributed by atoms with Gasteiger partial charge < -0.3 is 23.9 Å². The van der Waals surface area contributed by atoms with Gasteiger partial charge in [-0.3, -0.25) is 19.3 Å². The van der Waals surface area contributed by atoms with Crippen molar-refractivity contribution in [3.63, 3.8) is 0 Å². The maximum atomic E-state index is 13.1. The number of furan rings is 1. The largest absolute Gasteiger partial charge is 0.586 e. The lowest BCUT2D eigenvalue weighted by molar-refractivity contribution is -0.286. The summed E-state index contributed by atoms with van der Waals surface area (Å²) in [7, 11) is 0. The molecule has 2 aliphatic heterocycles. The molecule has 0 aliphatic carbocycles. The third-order valence-electron chi connectivity index (χ3n) is 5.12. The van der Waals surface area contributed by atoms with Gasteiger partial charge in [0.25, 0.3) is 17.7 Å². The van der Waals surface area contributed by atoms with Crippen LogP contribution in [0.15, 0.2) is 59.2 Å². The molecule has 3 amide bonds. The van der Waals surface area contributed by atoms with Gasteiger partial charge in [0.1, 0.15) is 5.76 Å². The van der Waals surface area contributed by atoms with Crippen molar-refractivity contribution < 1.29 is 46.6 Å². The van der Waals surface area contributed by atoms with Gasteiger partial charge in [0.2, 0.25) is 0 Å². The van der Waals surface area contributed by atoms with Crippen LogP contribution in [0.5, 0.6) is 11.5 Å². The Morgan fingerprint density at radius 3 is 2.51 bits per heavy atom. The van der Waals surface area contributed by atoms with E-state index in [1.165, 1.54) is 36.6 Å². The number of hydrogen-bond acceptors (Lipinski definition) is 8. The van der Waals surface area contributed by atoms with Crippen molar-refractivity contribution in [2.24, 2.45) is 0 Å². The summed E-state index contributed by atoms with van der Waals surface area (Å²) >= 11 is 0. The number of benzene rings is 2. The molecule has 3 aromatic rings. The number of carbonyl (C=O) groups excluding carboxylic acids is 4. The Morgan fingerprint density at radius 2 is 1.74 bits per heavy atom. The second kappa shape index (κ2) is 8.24. The molecule has 0 atom stereocenters. The van der Waals surface area contributed by atoms with Crippen molar-refractivity contribution in [2.75, 3.05) is 11.9 Å². The number of fused-ring (bicyclic) bond motifs is 2. The summed E-state index contributed by atoms with van der Waals surface area (Å²) < 4.78 is 44.9. The minimum Gasteiger partial charge on any atom is -0.467 e. The summed E-state index contributed by atoms with van der Waals surface area (Å²) in [6, 6.07) is 10.7. The highest BCUT2D eigenvalue weighted by atomic mass is 19.3. The molecule has 35 heavy (non-hydrogen) atoms. The molecule has 2 aromatic carbocycles. The molecule has 0 radical (unpaired) electrons. The van der Waals surface area contributed by atoms with E-state index in [-0.39, 0.29) is 40.4 Å². The maximum Gasteiger partial charge on any atom is 0.586 e. The molecule has 1 N–H and O–H groups in total. The minimum absolute atomic E-state index is 0.0256. The summed E-state index contributed by atoms with van der Waals surface area (Å²) in [5, 5.41) is 2.38. The molecule has 0 unspecified atom stereocenters. The number of nitrogens with one attached hydrogen (secondary N) is 1. The highest BCUT2D eigenvalue weighted by molar-refractivity contribution is 6.21. The predicted octanol–water partition coefficient (Wildman–Crippen LogP) is 3.19. The first-order valence-corrected chi connectivity index (χ1v) is 10.1. The summed E-state index contributed by atoms with van der Waals surface area (Å²) in [6.07, 6.45) is -2.37. The van der Waals surface area contributed by atoms with Crippen LogP contribution in [0, 0.1) is 0 Å². The van der Waals surface area contributed by atoms with Gasteiger partial charge in [-0.25, -0.2) is 4.79 Å². The van der Waals surface area contributed by atoms with Crippen LogP contribution in [0.2, 0.25) is 0 Å². The van der Waals surface area contributed by atoms with E-state index in [9.17, 15) is 28.0 Å². The fraction of sp³-hybridized carbons (Fsp3) is 0.130. The zero-order valence-corrected chi connectivity index (χ0v) is 17.6. The fourth-order valence-electron chi connectivity index (χ4n) is 3.56. The van der Waals surface area contributed by atoms with Crippen molar-refractivity contribution in [3.8, 4) is 11.5 Å². The number of ether oxygens (including phenoxy) is 3. The number of imide groups is 1. The Morgan fingerprint density at radius 1 is 0.971 bits per heavy atom. The highest BCUT2D eigenvalue weighted by Gasteiger charge is 2.43. The van der Waals surface area contributed by atoms with E-state index >= 15 is 0 Å². The predicted molar refractivity (Wildman–Crippen MR) is 111 cm³/mol. The van der Waals surface area contributed by atoms with E-state index in [0.717, 1.165) is 11.0 Å². The van der Waals surface area contributed by atoms with Gasteiger partial charge in [-0.05, 0) is 42.5 Å². The first-order valence-electron chi connectivity index (χ1n) is 10.1. The van der Waals surface area contributed by atoms with E-state index in [1.54, 1.807) is 12.1 Å². The Hall–Kier alpha value is -4.74. The van der Waals surface area contributed by atoms with Crippen molar-refractivity contribution in [1.29, 1.82) is 0 Å². The number of halogens is 2. The van der Waals surface area contributed by atoms with Gasteiger partial charge in [0, 0.05) is 11.8 Å². The second-order valence-electron chi connectivity index (χ2n) is 7.49. The Bertz CT molecular complexity index is 1370. The molecule has 10 nitrogen and oxygen atoms in total. The maximum absolute atomic E-state index is 13.1. The van der Waals surface area contributed by atoms with Gasteiger partial charge in [0.05, 0.1) is 29.5 Å². The van der Waals surface area contributed by atoms with Crippen LogP contribution in [-0.2, 0) is 16.1 Å². The van der Waals surface area contributed by atoms with Gasteiger partial charge >= 0.3 is 12.3 Å². The fourth-order valence-corrected chi connectivity index (χ4v) is 3.56. The average Bonchev–Trinajstić information content (AvgIpc) is 3.50. The standard InChI is InChI=1S/C23H14F2N2O8/c24-23(25)34-17-6-4-13(9-18(17)35-23)26-19(28)11-33-22(31)12-3-5-15-16(8-12)21(30)27(20(15)29)10-14-2-1-7-32-14/h1-9H,10-11H2,(H,26,28). The first-order chi connectivity index (χ1) is 16.7. The number of hydrogen-bond donors (Lipinski definition) is 1. The lowest BCUT2D eigenvalue weighted by Gasteiger charge is -2.11. The number of nitrogens with zero attached hydrogens (tertiary/aromatic N) is 1. The van der Waals surface area contributed by atoms with Crippen LogP contribution in [-0.4, -0.2) is 41.5 Å². The molecule has 0 fully saturated rings. The Balaban J connectivity index is 1.20. The van der Waals surface area contributed by atoms with Crippen LogP contribution < -0.4 is 14.8 Å². The smallest absolute Gasteiger partial charge is 0.467 e. The third-order valence-corrected chi connectivity index (χ3v) is 5.12. The SMILES string of the molecule is O=C(COC(=O)c1ccc2c(c1)C(=O)N(Cc1ccco1)C2=O)Nc1ccc2c(c1)OC(F)(F)O2. The van der Waals surface area contributed by atoms with Gasteiger partial charge in [-0.1, -0.05) is 0 Å². The first kappa shape index (κ1) is 22.1. The summed E-state index contributed by atoms with van der Waals surface area (Å²) in [5.41, 5.74) is 0.231. The Labute approximate surface area is 195 Å². The minimum atomic E-state index is -3.79. The molecule has 2 aliphatic rings. The number of amides is 3. The molecule has 0 saturated carbocycles. The van der Waals surface area contributed by atoms with E-state index in [0.29, 0.717) is 5.76 Å². The van der Waals surface area contributed by atoms with E-state index < -0.39 is 36.6 Å². The number of rotatable bonds is 6. The molecule has 178 valence electrons. The van der Waals surface area contributed by atoms with E-state index in [1.807, 2.05) is 0 Å². The number of esters is 1. The highest BCUT2D eigenvalue weighted by Crippen LogP contribution is 2.42. The van der Waals surface area contributed by atoms with Crippen molar-refractivity contribution >= 4 is 29.4 Å². The molecule has 0 saturated heterocycles. The van der Waals surface area contributed by atoms with Crippen molar-refractivity contribution in [3.05, 3.63) is 77.2 Å². The zero-order chi connectivity index (χ0) is 24.7. The molecule has 0 spiro atoms. The van der Waals surface area contributed by atoms with Crippen LogP contribution in [0.1, 0.15) is 36.8 Å². The third kappa shape index (κ3) is 4.28. The van der Waals surface area contributed by atoms with Crippen LogP contribution in [0.3, 0.4) is 0 Å². The quantitative estimate of drug-likeness (QED) is 0.418. The summed E-state index contributed by atoms with van der Waals surface area (Å²) in [4.78, 5) is 50.8. The van der Waals surface area contributed by atoms with Crippen molar-refractivity contribution in [2.45, 2.75) is 12.8 Å². The molecule has 1 aromatic heterocycles. The molecule has 0 bridgehead atoms. The lowest BCUT2D eigenvalue weighted by Crippen LogP contribution is -2.28. The van der Waals surface area contributed by atoms with Crippen LogP contribution in [0.4, 0.5) is 14.5 Å². The van der Waals surface area contributed by atoms with Gasteiger partial charge in [0.15, 0.2) is 18.1 Å². The van der Waals surface area contributed by atoms with Crippen LogP contribution >= 0.6 is 0 Å². The monoisotopic (exact) mass is 484 g/mol. The summed E-state index contributed by atoms with van der Waals surface area (Å²) in [5.74, 6) is -2.81. The number of carbonyl (C=O) groups is 4. The number of alkyl halides is 2. The van der Waals surface area contributed by atoms with Crippen LogP contribution in [0.25, 0.3) is 0 Å². The molecule has 3 heterocycles. The van der Waals surface area contributed by atoms with E-state index in [2.05, 4.69) is 14.8 Å². The molecular formula is C23H14F2N2O8. The number of anilines is 1.